The summed E-state index contributed by atoms with van der Waals surface area (Å²) in [4.78, 5) is 30.5. The molecule has 0 amide bonds. The van der Waals surface area contributed by atoms with Crippen LogP contribution < -0.4 is 0 Å². The quantitative estimate of drug-likeness (QED) is 0.735. The van der Waals surface area contributed by atoms with Gasteiger partial charge in [-0.2, -0.15) is 0 Å². The number of hydrogen-bond acceptors (Lipinski definition) is 4. The zero-order valence-electron chi connectivity index (χ0n) is 17.6. The fourth-order valence-electron chi connectivity index (χ4n) is 4.02. The molecular formula is C24H27NO3. The summed E-state index contributed by atoms with van der Waals surface area (Å²) >= 11 is 0. The average molecular weight is 377 g/mol. The van der Waals surface area contributed by atoms with Crippen molar-refractivity contribution in [2.45, 2.75) is 48.5 Å². The molecule has 4 heteroatoms. The second-order valence-corrected chi connectivity index (χ2v) is 8.75. The Morgan fingerprint density at radius 2 is 1.50 bits per heavy atom. The summed E-state index contributed by atoms with van der Waals surface area (Å²) in [5.74, 6) is -0.757. The minimum absolute atomic E-state index is 0.152. The number of rotatable bonds is 2. The normalized spacial score (nSPS) is 18.5. The first-order valence-electron chi connectivity index (χ1n) is 9.48. The zero-order valence-corrected chi connectivity index (χ0v) is 17.6. The fourth-order valence-corrected chi connectivity index (χ4v) is 4.02. The van der Waals surface area contributed by atoms with Crippen LogP contribution in [0.2, 0.25) is 0 Å². The number of carbonyl (C=O) groups excluding carboxylic acids is 2. The Morgan fingerprint density at radius 1 is 0.857 bits per heavy atom. The summed E-state index contributed by atoms with van der Waals surface area (Å²) in [5.41, 5.74) is 3.22. The van der Waals surface area contributed by atoms with Crippen LogP contribution in [0.1, 0.15) is 50.2 Å². The van der Waals surface area contributed by atoms with E-state index in [0.717, 1.165) is 28.1 Å². The third-order valence-electron chi connectivity index (χ3n) is 5.80. The lowest BCUT2D eigenvalue weighted by Crippen LogP contribution is -2.48. The van der Waals surface area contributed by atoms with Crippen molar-refractivity contribution in [2.24, 2.45) is 10.8 Å². The third kappa shape index (κ3) is 2.88. The molecule has 0 saturated heterocycles. The summed E-state index contributed by atoms with van der Waals surface area (Å²) in [6.45, 7) is 12.4. The summed E-state index contributed by atoms with van der Waals surface area (Å²) in [6.07, 6.45) is 0. The Morgan fingerprint density at radius 3 is 2.11 bits per heavy atom. The van der Waals surface area contributed by atoms with Crippen LogP contribution in [-0.4, -0.2) is 21.7 Å². The summed E-state index contributed by atoms with van der Waals surface area (Å²) in [5, 5.41) is 10.9. The van der Waals surface area contributed by atoms with Crippen molar-refractivity contribution in [3.63, 3.8) is 0 Å². The van der Waals surface area contributed by atoms with Gasteiger partial charge in [-0.05, 0) is 77.3 Å². The number of Topliss-reactive ketones (excluding diaryl/α,β-unsaturated/α-hetero) is 2. The van der Waals surface area contributed by atoms with E-state index in [-0.39, 0.29) is 22.9 Å². The van der Waals surface area contributed by atoms with Crippen LogP contribution in [0.5, 0.6) is 0 Å². The van der Waals surface area contributed by atoms with Crippen LogP contribution >= 0.6 is 0 Å². The SMILES string of the molecule is Cc1ccc(-c2ccc(C)c(C3=C(O)C(C)(C)C(=O)C(C)(C)C3=O)c2)c(C)n1. The number of aryl methyl sites for hydroxylation is 3. The summed E-state index contributed by atoms with van der Waals surface area (Å²) < 4.78 is 0. The number of aliphatic hydroxyl groups excluding tert-OH is 1. The number of allylic oxidation sites excluding steroid dienone is 2. The van der Waals surface area contributed by atoms with Crippen LogP contribution in [0.15, 0.2) is 36.1 Å². The van der Waals surface area contributed by atoms with E-state index in [9.17, 15) is 14.7 Å². The highest BCUT2D eigenvalue weighted by atomic mass is 16.3. The number of pyridine rings is 1. The number of ketones is 2. The van der Waals surface area contributed by atoms with Crippen molar-refractivity contribution in [2.75, 3.05) is 0 Å². The molecule has 28 heavy (non-hydrogen) atoms. The predicted molar refractivity (Wildman–Crippen MR) is 111 cm³/mol. The molecule has 3 rings (SSSR count). The molecule has 0 unspecified atom stereocenters. The number of carbonyl (C=O) groups is 2. The molecule has 4 nitrogen and oxygen atoms in total. The lowest BCUT2D eigenvalue weighted by atomic mass is 9.62. The lowest BCUT2D eigenvalue weighted by Gasteiger charge is -2.38. The van der Waals surface area contributed by atoms with Gasteiger partial charge in [0.2, 0.25) is 0 Å². The van der Waals surface area contributed by atoms with Gasteiger partial charge in [-0.1, -0.05) is 18.2 Å². The van der Waals surface area contributed by atoms with Gasteiger partial charge in [0, 0.05) is 17.0 Å². The van der Waals surface area contributed by atoms with E-state index in [4.69, 9.17) is 0 Å². The van der Waals surface area contributed by atoms with Gasteiger partial charge in [0.15, 0.2) is 11.6 Å². The van der Waals surface area contributed by atoms with Crippen LogP contribution in [0.4, 0.5) is 0 Å². The molecule has 0 fully saturated rings. The molecule has 0 bridgehead atoms. The number of nitrogens with zero attached hydrogens (tertiary/aromatic N) is 1. The Hall–Kier alpha value is -2.75. The van der Waals surface area contributed by atoms with Crippen molar-refractivity contribution < 1.29 is 14.7 Å². The Kier molecular flexibility index (Phi) is 4.57. The first kappa shape index (κ1) is 20.0. The molecule has 0 saturated carbocycles. The molecule has 1 aliphatic rings. The van der Waals surface area contributed by atoms with Gasteiger partial charge in [0.25, 0.3) is 0 Å². The largest absolute Gasteiger partial charge is 0.510 e. The predicted octanol–water partition coefficient (Wildman–Crippen LogP) is 5.15. The lowest BCUT2D eigenvalue weighted by molar-refractivity contribution is -0.143. The molecule has 0 spiro atoms. The summed E-state index contributed by atoms with van der Waals surface area (Å²) in [7, 11) is 0. The van der Waals surface area contributed by atoms with Crippen molar-refractivity contribution in [1.82, 2.24) is 4.98 Å². The van der Waals surface area contributed by atoms with E-state index in [2.05, 4.69) is 4.98 Å². The molecule has 1 aromatic heterocycles. The van der Waals surface area contributed by atoms with Gasteiger partial charge in [-0.15, -0.1) is 0 Å². The Bertz CT molecular complexity index is 1040. The van der Waals surface area contributed by atoms with E-state index in [1.165, 1.54) is 0 Å². The van der Waals surface area contributed by atoms with E-state index >= 15 is 0 Å². The molecule has 1 aromatic carbocycles. The number of hydrogen-bond donors (Lipinski definition) is 1. The number of aliphatic hydroxyl groups is 1. The van der Waals surface area contributed by atoms with Crippen LogP contribution in [0, 0.1) is 31.6 Å². The van der Waals surface area contributed by atoms with Gasteiger partial charge in [0.05, 0.1) is 16.4 Å². The Labute approximate surface area is 166 Å². The highest BCUT2D eigenvalue weighted by molar-refractivity contribution is 6.34. The first-order valence-corrected chi connectivity index (χ1v) is 9.48. The standard InChI is InChI=1S/C24H27NO3/c1-13-8-10-16(17-11-9-14(2)25-15(17)3)12-18(13)19-20(26)23(4,5)22(28)24(6,7)21(19)27/h8-12,26H,1-7H3. The van der Waals surface area contributed by atoms with Crippen molar-refractivity contribution >= 4 is 17.1 Å². The minimum Gasteiger partial charge on any atom is -0.510 e. The highest BCUT2D eigenvalue weighted by Crippen LogP contribution is 2.47. The minimum atomic E-state index is -1.19. The molecule has 1 heterocycles. The molecular weight excluding hydrogens is 350 g/mol. The van der Waals surface area contributed by atoms with Gasteiger partial charge in [-0.25, -0.2) is 0 Å². The maximum absolute atomic E-state index is 13.2. The maximum Gasteiger partial charge on any atom is 0.179 e. The van der Waals surface area contributed by atoms with Crippen molar-refractivity contribution in [3.8, 4) is 11.1 Å². The molecule has 146 valence electrons. The zero-order chi connectivity index (χ0) is 21.0. The van der Waals surface area contributed by atoms with Gasteiger partial charge < -0.3 is 5.11 Å². The van der Waals surface area contributed by atoms with Crippen LogP contribution in [-0.2, 0) is 9.59 Å². The topological polar surface area (TPSA) is 67.3 Å². The summed E-state index contributed by atoms with van der Waals surface area (Å²) in [6, 6.07) is 9.81. The van der Waals surface area contributed by atoms with Gasteiger partial charge in [-0.3, -0.25) is 14.6 Å². The van der Waals surface area contributed by atoms with Crippen molar-refractivity contribution in [1.29, 1.82) is 0 Å². The smallest absolute Gasteiger partial charge is 0.179 e. The van der Waals surface area contributed by atoms with Crippen LogP contribution in [0.25, 0.3) is 16.7 Å². The first-order chi connectivity index (χ1) is 12.9. The molecule has 0 atom stereocenters. The monoisotopic (exact) mass is 377 g/mol. The third-order valence-corrected chi connectivity index (χ3v) is 5.80. The van der Waals surface area contributed by atoms with Crippen molar-refractivity contribution in [3.05, 3.63) is 58.6 Å². The number of benzene rings is 1. The second kappa shape index (κ2) is 6.40. The average Bonchev–Trinajstić information content (AvgIpc) is 2.61. The van der Waals surface area contributed by atoms with E-state index in [0.29, 0.717) is 5.56 Å². The van der Waals surface area contributed by atoms with E-state index < -0.39 is 10.8 Å². The number of aromatic nitrogens is 1. The molecule has 1 aliphatic carbocycles. The molecule has 1 N–H and O–H groups in total. The van der Waals surface area contributed by atoms with Gasteiger partial charge >= 0.3 is 0 Å². The molecule has 0 radical (unpaired) electrons. The maximum atomic E-state index is 13.2. The molecule has 0 aliphatic heterocycles. The highest BCUT2D eigenvalue weighted by Gasteiger charge is 2.53. The fraction of sp³-hybridized carbons (Fsp3) is 0.375. The molecule has 2 aromatic rings. The van der Waals surface area contributed by atoms with E-state index in [1.807, 2.05) is 51.1 Å². The van der Waals surface area contributed by atoms with Crippen LogP contribution in [0.3, 0.4) is 0 Å². The Balaban J connectivity index is 2.27. The second-order valence-electron chi connectivity index (χ2n) is 8.75. The van der Waals surface area contributed by atoms with Gasteiger partial charge in [0.1, 0.15) is 5.76 Å². The van der Waals surface area contributed by atoms with E-state index in [1.54, 1.807) is 27.7 Å².